The van der Waals surface area contributed by atoms with Gasteiger partial charge < -0.3 is 9.05 Å². The molecule has 186 valence electrons. The van der Waals surface area contributed by atoms with E-state index in [0.29, 0.717) is 62.9 Å². The fraction of sp³-hybridized carbons (Fsp3) is 1.00. The fourth-order valence-electron chi connectivity index (χ4n) is 3.13. The van der Waals surface area contributed by atoms with Crippen LogP contribution in [0.1, 0.15) is 19.8 Å². The van der Waals surface area contributed by atoms with Gasteiger partial charge in [0.25, 0.3) is 0 Å². The van der Waals surface area contributed by atoms with Crippen molar-refractivity contribution in [1.29, 1.82) is 0 Å². The van der Waals surface area contributed by atoms with Gasteiger partial charge in [0.1, 0.15) is 0 Å². The van der Waals surface area contributed by atoms with Gasteiger partial charge in [-0.3, -0.25) is 9.13 Å². The highest BCUT2D eigenvalue weighted by molar-refractivity contribution is 7.54. The molecule has 0 bridgehead atoms. The van der Waals surface area contributed by atoms with Gasteiger partial charge in [0, 0.05) is 62.8 Å². The van der Waals surface area contributed by atoms with Crippen LogP contribution < -0.4 is 5.09 Å². The van der Waals surface area contributed by atoms with Crippen LogP contribution in [0.3, 0.4) is 0 Å². The minimum atomic E-state index is -2.97. The Hall–Kier alpha value is 1.67. The standard InChI is InChI=1S/C9H18Cl3N2O2P.C7H15Cl2N2O2P/c10-2-6-13-5-1-9-16-17(13,15)14(7-3-11)8-4-12;1-7(9)10-14(12)11(5-3-8)4-2-6-13-14/h1-9H2;7H,2-6H2,1H3,(H,10,12). The second-order valence-corrected chi connectivity index (χ2v) is 13.4. The molecule has 15 heteroatoms. The van der Waals surface area contributed by atoms with Gasteiger partial charge >= 0.3 is 15.3 Å². The average Bonchev–Trinajstić information content (AvgIpc) is 2.72. The predicted octanol–water partition coefficient (Wildman–Crippen LogP) is 5.07. The molecule has 2 saturated heterocycles. The van der Waals surface area contributed by atoms with Crippen molar-refractivity contribution in [2.75, 3.05) is 76.0 Å². The fourth-order valence-corrected chi connectivity index (χ4v) is 9.28. The summed E-state index contributed by atoms with van der Waals surface area (Å²) in [7, 11) is -5.90. The zero-order valence-electron chi connectivity index (χ0n) is 17.7. The third kappa shape index (κ3) is 10.0. The van der Waals surface area contributed by atoms with E-state index in [1.807, 2.05) is 4.67 Å². The van der Waals surface area contributed by atoms with Gasteiger partial charge in [-0.2, -0.15) is 0 Å². The van der Waals surface area contributed by atoms with E-state index in [-0.39, 0.29) is 5.50 Å². The second kappa shape index (κ2) is 16.4. The SMILES string of the molecule is CC(Cl)NP1(=O)OCCCN1CCCl.O=P1(N(CCCl)CCCl)OCCCN1CCCl. The van der Waals surface area contributed by atoms with Gasteiger partial charge in [-0.25, -0.2) is 19.1 Å². The number of halogens is 5. The summed E-state index contributed by atoms with van der Waals surface area (Å²) in [6.07, 6.45) is 1.75. The Morgan fingerprint density at radius 3 is 1.94 bits per heavy atom. The summed E-state index contributed by atoms with van der Waals surface area (Å²) < 4.78 is 41.2. The highest BCUT2D eigenvalue weighted by Crippen LogP contribution is 2.56. The lowest BCUT2D eigenvalue weighted by atomic mass is 10.4. The molecule has 3 atom stereocenters. The van der Waals surface area contributed by atoms with Crippen LogP contribution in [-0.4, -0.2) is 95.5 Å². The maximum atomic E-state index is 12.9. The van der Waals surface area contributed by atoms with E-state index < -0.39 is 15.3 Å². The second-order valence-electron chi connectivity index (χ2n) is 6.75. The smallest absolute Gasteiger partial charge is 0.306 e. The van der Waals surface area contributed by atoms with E-state index >= 15 is 0 Å². The van der Waals surface area contributed by atoms with Crippen molar-refractivity contribution in [3.8, 4) is 0 Å². The highest BCUT2D eigenvalue weighted by atomic mass is 35.5. The molecular weight excluding hydrogens is 551 g/mol. The summed E-state index contributed by atoms with van der Waals surface area (Å²) in [5.41, 5.74) is -0.378. The molecule has 0 radical (unpaired) electrons. The monoisotopic (exact) mass is 582 g/mol. The Bertz CT molecular complexity index is 586. The van der Waals surface area contributed by atoms with Crippen LogP contribution in [0.4, 0.5) is 0 Å². The Morgan fingerprint density at radius 1 is 0.903 bits per heavy atom. The van der Waals surface area contributed by atoms with Crippen LogP contribution in [0.2, 0.25) is 0 Å². The van der Waals surface area contributed by atoms with Crippen molar-refractivity contribution in [2.24, 2.45) is 0 Å². The zero-order chi connectivity index (χ0) is 23.3. The molecule has 1 N–H and O–H groups in total. The van der Waals surface area contributed by atoms with Crippen LogP contribution in [-0.2, 0) is 18.2 Å². The molecular formula is C16H33Cl5N4O4P2. The van der Waals surface area contributed by atoms with Gasteiger partial charge in [-0.1, -0.05) is 0 Å². The van der Waals surface area contributed by atoms with Crippen molar-refractivity contribution < 1.29 is 18.2 Å². The maximum Gasteiger partial charge on any atom is 0.346 e. The summed E-state index contributed by atoms with van der Waals surface area (Å²) in [6.45, 7) is 6.33. The Labute approximate surface area is 211 Å². The molecule has 31 heavy (non-hydrogen) atoms. The number of nitrogens with one attached hydrogen (secondary N) is 1. The molecule has 0 aliphatic carbocycles. The molecule has 0 aromatic carbocycles. The molecule has 3 unspecified atom stereocenters. The molecule has 0 saturated carbocycles. The maximum absolute atomic E-state index is 12.9. The Balaban J connectivity index is 0.000000316. The van der Waals surface area contributed by atoms with Crippen molar-refractivity contribution in [3.05, 3.63) is 0 Å². The van der Waals surface area contributed by atoms with Crippen LogP contribution in [0.15, 0.2) is 0 Å². The molecule has 2 heterocycles. The molecule has 0 aromatic rings. The molecule has 0 spiro atoms. The minimum absolute atomic E-state index is 0.378. The van der Waals surface area contributed by atoms with Gasteiger partial charge in [0.2, 0.25) is 0 Å². The van der Waals surface area contributed by atoms with E-state index in [1.165, 1.54) is 0 Å². The zero-order valence-corrected chi connectivity index (χ0v) is 23.3. The van der Waals surface area contributed by atoms with Crippen LogP contribution >= 0.6 is 73.3 Å². The van der Waals surface area contributed by atoms with Gasteiger partial charge in [-0.15, -0.1) is 58.0 Å². The molecule has 0 aromatic heterocycles. The lowest BCUT2D eigenvalue weighted by Gasteiger charge is -2.40. The molecule has 2 fully saturated rings. The molecule has 0 amide bonds. The lowest BCUT2D eigenvalue weighted by molar-refractivity contribution is 0.171. The summed E-state index contributed by atoms with van der Waals surface area (Å²) in [5, 5.41) is 2.76. The summed E-state index contributed by atoms with van der Waals surface area (Å²) in [4.78, 5) is 0. The van der Waals surface area contributed by atoms with Gasteiger partial charge in [0.15, 0.2) is 0 Å². The molecule has 2 aliphatic heterocycles. The van der Waals surface area contributed by atoms with E-state index in [9.17, 15) is 9.13 Å². The van der Waals surface area contributed by atoms with Crippen molar-refractivity contribution >= 4 is 73.3 Å². The van der Waals surface area contributed by atoms with Crippen molar-refractivity contribution in [3.63, 3.8) is 0 Å². The molecule has 2 rings (SSSR count). The van der Waals surface area contributed by atoms with Crippen molar-refractivity contribution in [2.45, 2.75) is 25.3 Å². The number of hydrogen-bond acceptors (Lipinski definition) is 4. The lowest BCUT2D eigenvalue weighted by Crippen LogP contribution is -2.39. The van der Waals surface area contributed by atoms with Crippen LogP contribution in [0.25, 0.3) is 0 Å². The third-order valence-corrected chi connectivity index (χ3v) is 10.5. The quantitative estimate of drug-likeness (QED) is 0.205. The predicted molar refractivity (Wildman–Crippen MR) is 132 cm³/mol. The van der Waals surface area contributed by atoms with Gasteiger partial charge in [0.05, 0.1) is 18.7 Å². The summed E-state index contributed by atoms with van der Waals surface area (Å²) in [6, 6.07) is 0. The highest BCUT2D eigenvalue weighted by Gasteiger charge is 2.40. The first kappa shape index (κ1) is 30.7. The minimum Gasteiger partial charge on any atom is -0.306 e. The molecule has 2 aliphatic rings. The van der Waals surface area contributed by atoms with Gasteiger partial charge in [-0.05, 0) is 19.8 Å². The van der Waals surface area contributed by atoms with Crippen molar-refractivity contribution in [1.82, 2.24) is 19.1 Å². The first-order valence-electron chi connectivity index (χ1n) is 10.2. The normalized spacial score (nSPS) is 28.9. The van der Waals surface area contributed by atoms with E-state index in [1.54, 1.807) is 16.3 Å². The summed E-state index contributed by atoms with van der Waals surface area (Å²) >= 11 is 28.6. The number of alkyl halides is 5. The Morgan fingerprint density at radius 2 is 1.42 bits per heavy atom. The summed E-state index contributed by atoms with van der Waals surface area (Å²) in [5.74, 6) is 1.67. The first-order chi connectivity index (χ1) is 14.8. The molecule has 8 nitrogen and oxygen atoms in total. The largest absolute Gasteiger partial charge is 0.346 e. The number of rotatable bonds is 11. The number of nitrogens with zero attached hydrogens (tertiary/aromatic N) is 3. The first-order valence-corrected chi connectivity index (χ1v) is 15.9. The van der Waals surface area contributed by atoms with E-state index in [2.05, 4.69) is 5.09 Å². The van der Waals surface area contributed by atoms with Crippen LogP contribution in [0, 0.1) is 0 Å². The third-order valence-electron chi connectivity index (χ3n) is 4.45. The average molecular weight is 585 g/mol. The van der Waals surface area contributed by atoms with Crippen LogP contribution in [0.5, 0.6) is 0 Å². The van der Waals surface area contributed by atoms with E-state index in [4.69, 9.17) is 67.1 Å². The topological polar surface area (TPSA) is 74.3 Å². The number of hydrogen-bond donors (Lipinski definition) is 1. The Kier molecular flexibility index (Phi) is 16.2. The van der Waals surface area contributed by atoms with E-state index in [0.717, 1.165) is 25.9 Å².